The summed E-state index contributed by atoms with van der Waals surface area (Å²) in [5, 5.41) is 3.47. The Morgan fingerprint density at radius 2 is 1.56 bits per heavy atom. The molecule has 39 heavy (non-hydrogen) atoms. The van der Waals surface area contributed by atoms with E-state index in [1.54, 1.807) is 16.4 Å². The van der Waals surface area contributed by atoms with Crippen LogP contribution in [-0.4, -0.2) is 69.5 Å². The van der Waals surface area contributed by atoms with Gasteiger partial charge >= 0.3 is 0 Å². The Balaban J connectivity index is 1.27. The van der Waals surface area contributed by atoms with Crippen molar-refractivity contribution >= 4 is 15.9 Å². The molecule has 0 unspecified atom stereocenters. The Labute approximate surface area is 230 Å². The Bertz CT molecular complexity index is 1410. The van der Waals surface area contributed by atoms with Gasteiger partial charge in [-0.05, 0) is 47.2 Å². The highest BCUT2D eigenvalue weighted by Crippen LogP contribution is 2.38. The topological polar surface area (TPSA) is 79.0 Å². The van der Waals surface area contributed by atoms with E-state index in [1.807, 2.05) is 47.4 Å². The summed E-state index contributed by atoms with van der Waals surface area (Å²) in [5.74, 6) is -0.0183. The molecule has 6 rings (SSSR count). The maximum Gasteiger partial charge on any atom is 0.243 e. The van der Waals surface area contributed by atoms with Crippen molar-refractivity contribution in [3.05, 3.63) is 90.0 Å². The molecule has 0 bridgehead atoms. The quantitative estimate of drug-likeness (QED) is 0.506. The van der Waals surface area contributed by atoms with Gasteiger partial charge in [-0.1, -0.05) is 66.7 Å². The first kappa shape index (κ1) is 26.2. The monoisotopic (exact) mass is 545 g/mol. The summed E-state index contributed by atoms with van der Waals surface area (Å²) in [6.07, 6.45) is 1.83. The number of sulfonamides is 1. The molecule has 3 atom stereocenters. The van der Waals surface area contributed by atoms with Crippen molar-refractivity contribution in [1.29, 1.82) is 0 Å². The maximum atomic E-state index is 14.1. The second kappa shape index (κ2) is 11.2. The minimum absolute atomic E-state index is 0.0148. The fourth-order valence-electron chi connectivity index (χ4n) is 6.26. The minimum Gasteiger partial charge on any atom is -0.377 e. The van der Waals surface area contributed by atoms with Gasteiger partial charge in [0.2, 0.25) is 15.9 Å². The Hall–Kier alpha value is -3.04. The summed E-state index contributed by atoms with van der Waals surface area (Å²) in [4.78, 5) is 16.4. The lowest BCUT2D eigenvalue weighted by Gasteiger charge is -2.38. The molecule has 3 aromatic rings. The van der Waals surface area contributed by atoms with Crippen molar-refractivity contribution in [3.8, 4) is 11.1 Å². The number of rotatable bonds is 6. The van der Waals surface area contributed by atoms with Gasteiger partial charge in [-0.25, -0.2) is 8.42 Å². The van der Waals surface area contributed by atoms with Gasteiger partial charge < -0.3 is 15.0 Å². The molecule has 0 spiro atoms. The third kappa shape index (κ3) is 5.14. The van der Waals surface area contributed by atoms with Gasteiger partial charge in [0.1, 0.15) is 0 Å². The SMILES string of the molecule is O=C([C@@H]1CNC[C@H]1c1ccccc1-c1ccc(S(=O)(=O)N2CCCC2)cc1)N1CCOC[C@@H]1c1ccccc1. The molecule has 3 aliphatic heterocycles. The van der Waals surface area contributed by atoms with E-state index in [0.717, 1.165) is 41.6 Å². The lowest BCUT2D eigenvalue weighted by molar-refractivity contribution is -0.144. The smallest absolute Gasteiger partial charge is 0.243 e. The highest BCUT2D eigenvalue weighted by atomic mass is 32.2. The van der Waals surface area contributed by atoms with E-state index < -0.39 is 10.0 Å². The van der Waals surface area contributed by atoms with Crippen LogP contribution in [-0.2, 0) is 19.6 Å². The Morgan fingerprint density at radius 1 is 0.846 bits per heavy atom. The molecule has 7 nitrogen and oxygen atoms in total. The van der Waals surface area contributed by atoms with Crippen LogP contribution in [0, 0.1) is 5.92 Å². The van der Waals surface area contributed by atoms with Gasteiger partial charge in [0.05, 0.1) is 30.1 Å². The third-order valence-corrected chi connectivity index (χ3v) is 10.3. The number of hydrogen-bond donors (Lipinski definition) is 1. The van der Waals surface area contributed by atoms with Crippen LogP contribution < -0.4 is 5.32 Å². The van der Waals surface area contributed by atoms with Crippen LogP contribution in [0.15, 0.2) is 83.8 Å². The zero-order valence-corrected chi connectivity index (χ0v) is 22.9. The molecule has 1 amide bonds. The number of carbonyl (C=O) groups is 1. The number of benzene rings is 3. The largest absolute Gasteiger partial charge is 0.377 e. The fraction of sp³-hybridized carbons (Fsp3) is 0.387. The standard InChI is InChI=1S/C31H35N3O4S/c35-31(34-18-19-38-22-30(34)24-8-2-1-3-9-24)29-21-32-20-28(29)27-11-5-4-10-26(27)23-12-14-25(15-13-23)39(36,37)33-16-6-7-17-33/h1-5,8-15,28-30,32H,6-7,16-22H2/t28-,29+,30+/m0/s1. The molecule has 8 heteroatoms. The molecule has 0 aliphatic carbocycles. The van der Waals surface area contributed by atoms with E-state index in [9.17, 15) is 13.2 Å². The molecular formula is C31H35N3O4S. The number of nitrogens with zero attached hydrogens (tertiary/aromatic N) is 2. The zero-order valence-electron chi connectivity index (χ0n) is 22.0. The predicted octanol–water partition coefficient (Wildman–Crippen LogP) is 4.04. The molecule has 3 aromatic carbocycles. The summed E-state index contributed by atoms with van der Waals surface area (Å²) in [6.45, 7) is 4.15. The van der Waals surface area contributed by atoms with Crippen LogP contribution in [0.4, 0.5) is 0 Å². The van der Waals surface area contributed by atoms with E-state index in [4.69, 9.17) is 4.74 Å². The number of carbonyl (C=O) groups excluding carboxylic acids is 1. The van der Waals surface area contributed by atoms with Crippen molar-refractivity contribution in [3.63, 3.8) is 0 Å². The van der Waals surface area contributed by atoms with Gasteiger partial charge in [0.15, 0.2) is 0 Å². The van der Waals surface area contributed by atoms with E-state index in [2.05, 4.69) is 29.6 Å². The van der Waals surface area contributed by atoms with Gasteiger partial charge in [0, 0.05) is 38.6 Å². The van der Waals surface area contributed by atoms with Crippen LogP contribution in [0.3, 0.4) is 0 Å². The number of ether oxygens (including phenoxy) is 1. The van der Waals surface area contributed by atoms with Crippen molar-refractivity contribution in [1.82, 2.24) is 14.5 Å². The van der Waals surface area contributed by atoms with Crippen molar-refractivity contribution < 1.29 is 17.9 Å². The Morgan fingerprint density at radius 3 is 2.33 bits per heavy atom. The first-order valence-electron chi connectivity index (χ1n) is 13.9. The number of hydrogen-bond acceptors (Lipinski definition) is 5. The summed E-state index contributed by atoms with van der Waals surface area (Å²) in [5.41, 5.74) is 4.20. The normalized spacial score (nSPS) is 24.2. The summed E-state index contributed by atoms with van der Waals surface area (Å²) >= 11 is 0. The highest BCUT2D eigenvalue weighted by molar-refractivity contribution is 7.89. The van der Waals surface area contributed by atoms with Gasteiger partial charge in [-0.15, -0.1) is 0 Å². The summed E-state index contributed by atoms with van der Waals surface area (Å²) in [6, 6.07) is 25.5. The molecule has 1 N–H and O–H groups in total. The average Bonchev–Trinajstić information content (AvgIpc) is 3.71. The number of amides is 1. The molecule has 3 heterocycles. The van der Waals surface area contributed by atoms with E-state index in [1.165, 1.54) is 0 Å². The molecule has 3 aliphatic rings. The van der Waals surface area contributed by atoms with Crippen LogP contribution in [0.1, 0.15) is 35.9 Å². The average molecular weight is 546 g/mol. The van der Waals surface area contributed by atoms with Crippen molar-refractivity contribution in [2.45, 2.75) is 29.7 Å². The van der Waals surface area contributed by atoms with Crippen LogP contribution in [0.5, 0.6) is 0 Å². The minimum atomic E-state index is -3.46. The van der Waals surface area contributed by atoms with Crippen molar-refractivity contribution in [2.24, 2.45) is 5.92 Å². The fourth-order valence-corrected chi connectivity index (χ4v) is 7.78. The molecule has 204 valence electrons. The van der Waals surface area contributed by atoms with Crippen LogP contribution in [0.25, 0.3) is 11.1 Å². The summed E-state index contributed by atoms with van der Waals surface area (Å²) in [7, 11) is -3.46. The van der Waals surface area contributed by atoms with Gasteiger partial charge in [0.25, 0.3) is 0 Å². The Kier molecular flexibility index (Phi) is 7.53. The predicted molar refractivity (Wildman–Crippen MR) is 151 cm³/mol. The molecule has 3 saturated heterocycles. The summed E-state index contributed by atoms with van der Waals surface area (Å²) < 4.78 is 33.4. The molecule has 0 saturated carbocycles. The van der Waals surface area contributed by atoms with Gasteiger partial charge in [-0.3, -0.25) is 4.79 Å². The second-order valence-electron chi connectivity index (χ2n) is 10.6. The second-order valence-corrected chi connectivity index (χ2v) is 12.6. The lowest BCUT2D eigenvalue weighted by atomic mass is 9.83. The highest BCUT2D eigenvalue weighted by Gasteiger charge is 2.40. The molecular weight excluding hydrogens is 510 g/mol. The van der Waals surface area contributed by atoms with Gasteiger partial charge in [-0.2, -0.15) is 4.31 Å². The van der Waals surface area contributed by atoms with Crippen LogP contribution >= 0.6 is 0 Å². The zero-order chi connectivity index (χ0) is 26.8. The van der Waals surface area contributed by atoms with E-state index in [-0.39, 0.29) is 23.8 Å². The van der Waals surface area contributed by atoms with Crippen molar-refractivity contribution in [2.75, 3.05) is 45.9 Å². The molecule has 3 fully saturated rings. The number of morpholine rings is 1. The molecule has 0 aromatic heterocycles. The van der Waals surface area contributed by atoms with E-state index >= 15 is 0 Å². The number of nitrogens with one attached hydrogen (secondary N) is 1. The first-order valence-corrected chi connectivity index (χ1v) is 15.3. The maximum absolute atomic E-state index is 14.1. The molecule has 0 radical (unpaired) electrons. The van der Waals surface area contributed by atoms with E-state index in [0.29, 0.717) is 44.3 Å². The first-order chi connectivity index (χ1) is 19.0. The lowest BCUT2D eigenvalue weighted by Crippen LogP contribution is -2.47. The third-order valence-electron chi connectivity index (χ3n) is 8.36. The van der Waals surface area contributed by atoms with Crippen LogP contribution in [0.2, 0.25) is 0 Å².